The Labute approximate surface area is 205 Å². The molecular weight excluding hydrogens is 488 g/mol. The largest absolute Gasteiger partial charge is 0.489 e. The summed E-state index contributed by atoms with van der Waals surface area (Å²) in [5.74, 6) is -0.628. The van der Waals surface area contributed by atoms with Gasteiger partial charge in [0.05, 0.1) is 16.8 Å². The van der Waals surface area contributed by atoms with Gasteiger partial charge < -0.3 is 10.5 Å². The molecule has 4 aromatic rings. The molecule has 4 rings (SSSR count). The second kappa shape index (κ2) is 10.4. The molecule has 0 saturated heterocycles. The van der Waals surface area contributed by atoms with Gasteiger partial charge in [-0.05, 0) is 42.0 Å². The van der Waals surface area contributed by atoms with Crippen molar-refractivity contribution >= 4 is 44.0 Å². The van der Waals surface area contributed by atoms with Gasteiger partial charge in [-0.2, -0.15) is 0 Å². The molecular formula is C24H20N4O5S2. The van der Waals surface area contributed by atoms with E-state index < -0.39 is 21.8 Å². The number of primary amides is 1. The van der Waals surface area contributed by atoms with Gasteiger partial charge in [0.1, 0.15) is 17.2 Å². The maximum atomic E-state index is 12.8. The van der Waals surface area contributed by atoms with Crippen molar-refractivity contribution < 1.29 is 22.7 Å². The zero-order valence-corrected chi connectivity index (χ0v) is 19.8. The summed E-state index contributed by atoms with van der Waals surface area (Å²) >= 11 is 0.942. The van der Waals surface area contributed by atoms with Gasteiger partial charge in [0.15, 0.2) is 5.13 Å². The minimum atomic E-state index is -3.90. The summed E-state index contributed by atoms with van der Waals surface area (Å²) in [6, 6.07) is 21.7. The molecule has 0 bridgehead atoms. The van der Waals surface area contributed by atoms with Crippen molar-refractivity contribution in [1.29, 1.82) is 0 Å². The van der Waals surface area contributed by atoms with Crippen LogP contribution in [0.5, 0.6) is 5.75 Å². The van der Waals surface area contributed by atoms with Crippen molar-refractivity contribution in [2.75, 3.05) is 10.0 Å². The molecule has 1 heterocycles. The molecule has 9 nitrogen and oxygen atoms in total. The highest BCUT2D eigenvalue weighted by Crippen LogP contribution is 2.23. The highest BCUT2D eigenvalue weighted by atomic mass is 32.2. The van der Waals surface area contributed by atoms with Crippen LogP contribution in [-0.4, -0.2) is 25.2 Å². The van der Waals surface area contributed by atoms with Crippen LogP contribution in [0.2, 0.25) is 0 Å². The number of carbonyl (C=O) groups is 2. The number of thiazole rings is 1. The molecule has 0 spiro atoms. The highest BCUT2D eigenvalue weighted by Gasteiger charge is 2.17. The summed E-state index contributed by atoms with van der Waals surface area (Å²) in [5.41, 5.74) is 6.73. The van der Waals surface area contributed by atoms with Crippen LogP contribution in [0.4, 0.5) is 10.8 Å². The molecule has 4 N–H and O–H groups in total. The summed E-state index contributed by atoms with van der Waals surface area (Å²) in [4.78, 5) is 27.7. The lowest BCUT2D eigenvalue weighted by Gasteiger charge is -2.11. The lowest BCUT2D eigenvalue weighted by Crippen LogP contribution is -2.15. The number of nitrogens with one attached hydrogen (secondary N) is 2. The molecule has 0 unspecified atom stereocenters. The number of sulfonamides is 1. The van der Waals surface area contributed by atoms with Crippen molar-refractivity contribution in [2.45, 2.75) is 11.5 Å². The number of carbonyl (C=O) groups excluding carboxylic acids is 2. The van der Waals surface area contributed by atoms with Crippen LogP contribution in [0.15, 0.2) is 90.0 Å². The fraction of sp³-hybridized carbons (Fsp3) is 0.0417. The molecule has 11 heteroatoms. The topological polar surface area (TPSA) is 140 Å². The van der Waals surface area contributed by atoms with E-state index in [1.807, 2.05) is 30.3 Å². The third-order valence-corrected chi connectivity index (χ3v) is 7.05. The molecule has 1 aromatic heterocycles. The number of nitrogens with two attached hydrogens (primary N) is 1. The fourth-order valence-electron chi connectivity index (χ4n) is 3.00. The van der Waals surface area contributed by atoms with Gasteiger partial charge >= 0.3 is 0 Å². The van der Waals surface area contributed by atoms with Crippen molar-refractivity contribution in [2.24, 2.45) is 5.73 Å². The summed E-state index contributed by atoms with van der Waals surface area (Å²) in [7, 11) is -3.90. The second-order valence-electron chi connectivity index (χ2n) is 7.28. The number of aromatic nitrogens is 1. The zero-order valence-electron chi connectivity index (χ0n) is 18.2. The number of hydrogen-bond acceptors (Lipinski definition) is 7. The molecule has 0 saturated carbocycles. The lowest BCUT2D eigenvalue weighted by atomic mass is 10.2. The summed E-state index contributed by atoms with van der Waals surface area (Å²) in [6.45, 7) is 0.353. The second-order valence-corrected chi connectivity index (χ2v) is 9.99. The van der Waals surface area contributed by atoms with E-state index in [9.17, 15) is 18.0 Å². The molecule has 178 valence electrons. The van der Waals surface area contributed by atoms with E-state index in [0.717, 1.165) is 16.9 Å². The van der Waals surface area contributed by atoms with E-state index in [1.54, 1.807) is 24.3 Å². The molecule has 0 aliphatic rings. The minimum Gasteiger partial charge on any atom is -0.489 e. The average Bonchev–Trinajstić information content (AvgIpc) is 3.32. The Bertz CT molecular complexity index is 1450. The van der Waals surface area contributed by atoms with E-state index in [-0.39, 0.29) is 20.5 Å². The average molecular weight is 509 g/mol. The van der Waals surface area contributed by atoms with E-state index in [0.29, 0.717) is 18.0 Å². The van der Waals surface area contributed by atoms with Gasteiger partial charge in [-0.3, -0.25) is 19.6 Å². The van der Waals surface area contributed by atoms with Gasteiger partial charge in [0.2, 0.25) is 0 Å². The first-order valence-corrected chi connectivity index (χ1v) is 12.6. The van der Waals surface area contributed by atoms with Crippen molar-refractivity contribution in [3.63, 3.8) is 0 Å². The zero-order chi connectivity index (χ0) is 24.8. The first kappa shape index (κ1) is 23.9. The van der Waals surface area contributed by atoms with Crippen molar-refractivity contribution in [3.8, 4) is 5.75 Å². The van der Waals surface area contributed by atoms with E-state index in [4.69, 9.17) is 10.5 Å². The number of ether oxygens (including phenoxy) is 1. The Hall–Kier alpha value is -4.22. The third kappa shape index (κ3) is 6.22. The first-order chi connectivity index (χ1) is 16.8. The van der Waals surface area contributed by atoms with Gasteiger partial charge in [-0.25, -0.2) is 13.4 Å². The number of amides is 2. The van der Waals surface area contributed by atoms with Crippen LogP contribution in [0.1, 0.15) is 25.6 Å². The van der Waals surface area contributed by atoms with E-state index >= 15 is 0 Å². The lowest BCUT2D eigenvalue weighted by molar-refractivity contribution is 0.100. The Balaban J connectivity index is 1.40. The Morgan fingerprint density at radius 2 is 1.71 bits per heavy atom. The van der Waals surface area contributed by atoms with Crippen LogP contribution in [0.3, 0.4) is 0 Å². The van der Waals surface area contributed by atoms with Crippen LogP contribution in [0, 0.1) is 0 Å². The molecule has 35 heavy (non-hydrogen) atoms. The number of benzene rings is 3. The van der Waals surface area contributed by atoms with E-state index in [1.165, 1.54) is 30.5 Å². The Morgan fingerprint density at radius 3 is 2.40 bits per heavy atom. The minimum absolute atomic E-state index is 0.0186. The molecule has 0 radical (unpaired) electrons. The number of hydrogen-bond donors (Lipinski definition) is 3. The van der Waals surface area contributed by atoms with E-state index in [2.05, 4.69) is 15.0 Å². The molecule has 0 aliphatic carbocycles. The van der Waals surface area contributed by atoms with Crippen LogP contribution in [0.25, 0.3) is 0 Å². The summed E-state index contributed by atoms with van der Waals surface area (Å²) < 4.78 is 33.9. The predicted molar refractivity (Wildman–Crippen MR) is 133 cm³/mol. The monoisotopic (exact) mass is 508 g/mol. The standard InChI is InChI=1S/C24H20N4O5S2/c25-22(29)21-14-26-24(34-21)27-23(30)17-9-11-20(12-10-17)35(31,32)28-18-7-4-8-19(13-18)33-15-16-5-2-1-3-6-16/h1-14,28H,15H2,(H2,25,29)(H,26,27,30). The van der Waals surface area contributed by atoms with Crippen LogP contribution >= 0.6 is 11.3 Å². The maximum absolute atomic E-state index is 12.8. The van der Waals surface area contributed by atoms with Gasteiger partial charge in [0.25, 0.3) is 21.8 Å². The summed E-state index contributed by atoms with van der Waals surface area (Å²) in [6.07, 6.45) is 1.27. The number of rotatable bonds is 9. The molecule has 0 atom stereocenters. The van der Waals surface area contributed by atoms with Crippen molar-refractivity contribution in [3.05, 3.63) is 101 Å². The van der Waals surface area contributed by atoms with Gasteiger partial charge in [0, 0.05) is 11.6 Å². The highest BCUT2D eigenvalue weighted by molar-refractivity contribution is 7.92. The fourth-order valence-corrected chi connectivity index (χ4v) is 4.72. The van der Waals surface area contributed by atoms with Crippen LogP contribution in [-0.2, 0) is 16.6 Å². The third-order valence-electron chi connectivity index (χ3n) is 4.73. The Kier molecular flexibility index (Phi) is 7.09. The first-order valence-electron chi connectivity index (χ1n) is 10.3. The normalized spacial score (nSPS) is 11.0. The van der Waals surface area contributed by atoms with Gasteiger partial charge in [-0.1, -0.05) is 47.7 Å². The number of nitrogens with zero attached hydrogens (tertiary/aromatic N) is 1. The van der Waals surface area contributed by atoms with Crippen molar-refractivity contribution in [1.82, 2.24) is 4.98 Å². The molecule has 0 aliphatic heterocycles. The maximum Gasteiger partial charge on any atom is 0.261 e. The summed E-state index contributed by atoms with van der Waals surface area (Å²) in [5, 5.41) is 2.75. The SMILES string of the molecule is NC(=O)c1cnc(NC(=O)c2ccc(S(=O)(=O)Nc3cccc(OCc4ccccc4)c3)cc2)s1. The Morgan fingerprint density at radius 1 is 0.971 bits per heavy atom. The molecule has 2 amide bonds. The van der Waals surface area contributed by atoms with Gasteiger partial charge in [-0.15, -0.1) is 0 Å². The quantitative estimate of drug-likeness (QED) is 0.313. The molecule has 0 fully saturated rings. The predicted octanol–water partition coefficient (Wildman–Crippen LogP) is 3.87. The van der Waals surface area contributed by atoms with Crippen LogP contribution < -0.4 is 20.5 Å². The molecule has 3 aromatic carbocycles. The number of anilines is 2. The smallest absolute Gasteiger partial charge is 0.261 e.